The number of carboxylic acids is 1. The summed E-state index contributed by atoms with van der Waals surface area (Å²) in [7, 11) is 0. The van der Waals surface area contributed by atoms with Crippen molar-refractivity contribution in [2.24, 2.45) is 0 Å². The van der Waals surface area contributed by atoms with Gasteiger partial charge in [-0.2, -0.15) is 0 Å². The number of rotatable bonds is 4. The first kappa shape index (κ1) is 13.6. The second-order valence-corrected chi connectivity index (χ2v) is 5.25. The Kier molecular flexibility index (Phi) is 3.39. The van der Waals surface area contributed by atoms with Crippen LogP contribution in [0.15, 0.2) is 34.9 Å². The summed E-state index contributed by atoms with van der Waals surface area (Å²) < 4.78 is 10.6. The van der Waals surface area contributed by atoms with Gasteiger partial charge in [0, 0.05) is 12.0 Å². The summed E-state index contributed by atoms with van der Waals surface area (Å²) in [5, 5.41) is 12.6. The highest BCUT2D eigenvalue weighted by Crippen LogP contribution is 2.25. The van der Waals surface area contributed by atoms with E-state index in [0.717, 1.165) is 0 Å². The van der Waals surface area contributed by atoms with Crippen molar-refractivity contribution >= 4 is 22.8 Å². The van der Waals surface area contributed by atoms with Gasteiger partial charge >= 0.3 is 5.97 Å². The maximum absolute atomic E-state index is 12.4. The predicted molar refractivity (Wildman–Crippen MR) is 74.1 cm³/mol. The highest BCUT2D eigenvalue weighted by atomic mass is 16.5. The van der Waals surface area contributed by atoms with E-state index in [1.165, 1.54) is 6.26 Å². The zero-order chi connectivity index (χ0) is 14.9. The molecule has 1 atom stereocenters. The molecule has 1 aromatic carbocycles. The van der Waals surface area contributed by atoms with E-state index < -0.39 is 11.5 Å². The van der Waals surface area contributed by atoms with Crippen molar-refractivity contribution in [3.05, 3.63) is 36.1 Å². The summed E-state index contributed by atoms with van der Waals surface area (Å²) >= 11 is 0. The smallest absolute Gasteiger partial charge is 0.305 e. The first-order chi connectivity index (χ1) is 10.1. The molecule has 2 aromatic rings. The van der Waals surface area contributed by atoms with Crippen LogP contribution in [0.5, 0.6) is 0 Å². The third kappa shape index (κ3) is 2.62. The third-order valence-corrected chi connectivity index (χ3v) is 3.70. The number of para-hydroxylation sites is 1. The summed E-state index contributed by atoms with van der Waals surface area (Å²) in [4.78, 5) is 23.5. The van der Waals surface area contributed by atoms with E-state index in [1.54, 1.807) is 12.1 Å². The molecule has 2 heterocycles. The molecule has 0 radical (unpaired) electrons. The number of amides is 1. The lowest BCUT2D eigenvalue weighted by Gasteiger charge is -2.26. The molecule has 1 aliphatic rings. The standard InChI is InChI=1S/C15H15NO5/c17-13(18)7-15(5-6-20-9-15)16-14(19)11-8-21-12-4-2-1-3-10(11)12/h1-4,8H,5-7,9H2,(H,16,19)(H,17,18). The van der Waals surface area contributed by atoms with Crippen LogP contribution in [0.4, 0.5) is 0 Å². The van der Waals surface area contributed by atoms with Crippen molar-refractivity contribution in [3.63, 3.8) is 0 Å². The van der Waals surface area contributed by atoms with Gasteiger partial charge in [-0.15, -0.1) is 0 Å². The fourth-order valence-electron chi connectivity index (χ4n) is 2.64. The molecule has 1 amide bonds. The average molecular weight is 289 g/mol. The number of furan rings is 1. The number of hydrogen-bond donors (Lipinski definition) is 2. The topological polar surface area (TPSA) is 88.8 Å². The first-order valence-electron chi connectivity index (χ1n) is 6.68. The Morgan fingerprint density at radius 2 is 2.14 bits per heavy atom. The molecular formula is C15H15NO5. The number of benzene rings is 1. The van der Waals surface area contributed by atoms with Crippen molar-refractivity contribution in [1.29, 1.82) is 0 Å². The normalized spacial score (nSPS) is 21.5. The van der Waals surface area contributed by atoms with Crippen LogP contribution in [-0.4, -0.2) is 35.7 Å². The first-order valence-corrected chi connectivity index (χ1v) is 6.68. The van der Waals surface area contributed by atoms with Crippen LogP contribution in [0.3, 0.4) is 0 Å². The van der Waals surface area contributed by atoms with Gasteiger partial charge in [0.1, 0.15) is 11.8 Å². The molecule has 1 saturated heterocycles. The van der Waals surface area contributed by atoms with E-state index in [9.17, 15) is 9.59 Å². The monoisotopic (exact) mass is 289 g/mol. The van der Waals surface area contributed by atoms with Gasteiger partial charge in [0.25, 0.3) is 5.91 Å². The molecule has 2 N–H and O–H groups in total. The quantitative estimate of drug-likeness (QED) is 0.896. The lowest BCUT2D eigenvalue weighted by atomic mass is 9.93. The van der Waals surface area contributed by atoms with Crippen LogP contribution in [-0.2, 0) is 9.53 Å². The molecule has 0 spiro atoms. The Labute approximate surface area is 120 Å². The molecule has 3 rings (SSSR count). The Morgan fingerprint density at radius 3 is 2.86 bits per heavy atom. The van der Waals surface area contributed by atoms with Crippen LogP contribution in [0.25, 0.3) is 11.0 Å². The summed E-state index contributed by atoms with van der Waals surface area (Å²) in [6.45, 7) is 0.653. The zero-order valence-electron chi connectivity index (χ0n) is 11.3. The molecule has 1 unspecified atom stereocenters. The zero-order valence-corrected chi connectivity index (χ0v) is 11.3. The maximum atomic E-state index is 12.4. The number of aliphatic carboxylic acids is 1. The number of hydrogen-bond acceptors (Lipinski definition) is 4. The van der Waals surface area contributed by atoms with Crippen LogP contribution >= 0.6 is 0 Å². The lowest BCUT2D eigenvalue weighted by Crippen LogP contribution is -2.50. The van der Waals surface area contributed by atoms with E-state index in [2.05, 4.69) is 5.32 Å². The highest BCUT2D eigenvalue weighted by Gasteiger charge is 2.39. The van der Waals surface area contributed by atoms with Gasteiger partial charge in [-0.25, -0.2) is 0 Å². The van der Waals surface area contributed by atoms with E-state index in [4.69, 9.17) is 14.3 Å². The Balaban J connectivity index is 1.86. The molecule has 1 aromatic heterocycles. The van der Waals surface area contributed by atoms with Crippen molar-refractivity contribution in [1.82, 2.24) is 5.32 Å². The van der Waals surface area contributed by atoms with Crippen molar-refractivity contribution in [3.8, 4) is 0 Å². The van der Waals surface area contributed by atoms with Crippen molar-refractivity contribution in [2.75, 3.05) is 13.2 Å². The summed E-state index contributed by atoms with van der Waals surface area (Å²) in [6, 6.07) is 7.21. The number of nitrogens with one attached hydrogen (secondary N) is 1. The molecule has 0 bridgehead atoms. The third-order valence-electron chi connectivity index (χ3n) is 3.70. The van der Waals surface area contributed by atoms with Crippen LogP contribution < -0.4 is 5.32 Å². The maximum Gasteiger partial charge on any atom is 0.305 e. The molecule has 0 saturated carbocycles. The second-order valence-electron chi connectivity index (χ2n) is 5.25. The summed E-state index contributed by atoms with van der Waals surface area (Å²) in [5.41, 5.74) is 0.182. The molecule has 6 heteroatoms. The van der Waals surface area contributed by atoms with Crippen LogP contribution in [0, 0.1) is 0 Å². The molecule has 1 fully saturated rings. The average Bonchev–Trinajstić information content (AvgIpc) is 3.04. The van der Waals surface area contributed by atoms with Crippen LogP contribution in [0.2, 0.25) is 0 Å². The Hall–Kier alpha value is -2.34. The van der Waals surface area contributed by atoms with Gasteiger partial charge in [0.2, 0.25) is 0 Å². The minimum absolute atomic E-state index is 0.158. The minimum atomic E-state index is -0.960. The van der Waals surface area contributed by atoms with Gasteiger partial charge in [0.15, 0.2) is 0 Å². The van der Waals surface area contributed by atoms with Gasteiger partial charge in [0.05, 0.1) is 24.1 Å². The lowest BCUT2D eigenvalue weighted by molar-refractivity contribution is -0.138. The molecule has 1 aliphatic heterocycles. The molecule has 0 aliphatic carbocycles. The van der Waals surface area contributed by atoms with Crippen molar-refractivity contribution in [2.45, 2.75) is 18.4 Å². The minimum Gasteiger partial charge on any atom is -0.481 e. The Bertz CT molecular complexity index is 684. The van der Waals surface area contributed by atoms with E-state index in [-0.39, 0.29) is 18.9 Å². The SMILES string of the molecule is O=C(O)CC1(NC(=O)c2coc3ccccc23)CCOC1. The predicted octanol–water partition coefficient (Wildman–Crippen LogP) is 1.80. The fourth-order valence-corrected chi connectivity index (χ4v) is 2.64. The second kappa shape index (κ2) is 5.21. The number of fused-ring (bicyclic) bond motifs is 1. The Morgan fingerprint density at radius 1 is 1.33 bits per heavy atom. The van der Waals surface area contributed by atoms with E-state index in [1.807, 2.05) is 12.1 Å². The van der Waals surface area contributed by atoms with Gasteiger partial charge < -0.3 is 19.6 Å². The molecule has 21 heavy (non-hydrogen) atoms. The highest BCUT2D eigenvalue weighted by molar-refractivity contribution is 6.06. The molecule has 6 nitrogen and oxygen atoms in total. The summed E-state index contributed by atoms with van der Waals surface area (Å²) in [5.74, 6) is -1.30. The number of carboxylic acid groups (broad SMARTS) is 1. The van der Waals surface area contributed by atoms with Crippen molar-refractivity contribution < 1.29 is 23.8 Å². The van der Waals surface area contributed by atoms with Crippen LogP contribution in [0.1, 0.15) is 23.2 Å². The number of ether oxygens (including phenoxy) is 1. The number of carbonyl (C=O) groups is 2. The molecular weight excluding hydrogens is 274 g/mol. The van der Waals surface area contributed by atoms with E-state index >= 15 is 0 Å². The van der Waals surface area contributed by atoms with Gasteiger partial charge in [-0.1, -0.05) is 18.2 Å². The largest absolute Gasteiger partial charge is 0.481 e. The molecule has 110 valence electrons. The van der Waals surface area contributed by atoms with Gasteiger partial charge in [-0.05, 0) is 12.5 Å². The fraction of sp³-hybridized carbons (Fsp3) is 0.333. The van der Waals surface area contributed by atoms with Gasteiger partial charge in [-0.3, -0.25) is 9.59 Å². The number of carbonyl (C=O) groups excluding carboxylic acids is 1. The van der Waals surface area contributed by atoms with E-state index in [0.29, 0.717) is 29.6 Å². The summed E-state index contributed by atoms with van der Waals surface area (Å²) in [6.07, 6.45) is 1.72.